The largest absolute Gasteiger partial charge is 0.448 e. The van der Waals surface area contributed by atoms with Gasteiger partial charge in [-0.1, -0.05) is 103 Å². The topological polar surface area (TPSA) is 797 Å². The molecule has 1 aromatic rings. The van der Waals surface area contributed by atoms with E-state index < -0.39 is 56.6 Å². The SMILES string of the molecule is [B][C@H]1CN(C(=O)CCCCCCC(=O)N2CCN(c3nc(N(CCOC(=O)N(CCCCCCN=C(N)N)CCCCCCN=C(N)N)CCOC(=O)N(CCCCCCN=C(N)N)CCCCCN=C(N)N)nc(N(CCOC(=O)N(CCCCCCN=C(N)N)CCCCCCN=C(N)N)CCOC(O)N(CCCCCCN=C(N)N)CCCCCCN=C(N)N)n3)CC2)CC(COP(=O)(N(C)C)N2CC(CO)O[C@@H]([B])C2)O1. The summed E-state index contributed by atoms with van der Waals surface area (Å²) in [7, 11) is 12.0. The lowest BCUT2D eigenvalue weighted by Gasteiger charge is -2.43. The van der Waals surface area contributed by atoms with Crippen molar-refractivity contribution < 1.29 is 71.7 Å². The lowest BCUT2D eigenvalue weighted by atomic mass is 9.97. The third-order valence-electron chi connectivity index (χ3n) is 25.1. The first-order chi connectivity index (χ1) is 72.1. The molecule has 4 rings (SSSR count). The van der Waals surface area contributed by atoms with Crippen LogP contribution in [0.15, 0.2) is 39.9 Å². The Labute approximate surface area is 891 Å². The van der Waals surface area contributed by atoms with E-state index >= 15 is 0 Å². The summed E-state index contributed by atoms with van der Waals surface area (Å²) in [5.74, 6) is 0.305. The minimum absolute atomic E-state index is 0.00454. The molecular weight excluding hydrogens is 1950 g/mol. The fourth-order valence-corrected chi connectivity index (χ4v) is 19.0. The summed E-state index contributed by atoms with van der Waals surface area (Å²) < 4.78 is 60.6. The molecule has 0 saturated carbocycles. The van der Waals surface area contributed by atoms with Crippen LogP contribution in [0.25, 0.3) is 0 Å². The monoisotopic (exact) mass is 2140 g/mol. The molecule has 6 atom stereocenters. The summed E-state index contributed by atoms with van der Waals surface area (Å²) >= 11 is 0. The number of nitrogens with two attached hydrogens (primary N) is 16. The number of aliphatic hydroxyl groups excluding tert-OH is 2. The number of rotatable bonds is 85. The quantitative estimate of drug-likeness (QED) is 0.00791. The van der Waals surface area contributed by atoms with Crippen molar-refractivity contribution in [1.82, 2.24) is 53.7 Å². The lowest BCUT2D eigenvalue weighted by Crippen LogP contribution is -2.52. The lowest BCUT2D eigenvalue weighted by molar-refractivity contribution is -0.192. The number of hydrogen-bond acceptors (Lipinski definition) is 30. The average molecular weight is 2140 g/mol. The molecule has 854 valence electrons. The molecule has 1 aromatic heterocycles. The highest BCUT2D eigenvalue weighted by atomic mass is 31.2. The number of aliphatic hydroxyl groups is 2. The van der Waals surface area contributed by atoms with Gasteiger partial charge >= 0.3 is 25.9 Å². The second kappa shape index (κ2) is 80.2. The van der Waals surface area contributed by atoms with Crippen LogP contribution in [-0.2, 0) is 47.1 Å². The van der Waals surface area contributed by atoms with Crippen LogP contribution in [0.4, 0.5) is 32.2 Å². The van der Waals surface area contributed by atoms with Gasteiger partial charge in [-0.3, -0.25) is 59.0 Å². The molecule has 53 nitrogen and oxygen atoms in total. The number of nitrogens with zero attached hydrogens (tertiary/aromatic N) is 22. The van der Waals surface area contributed by atoms with Crippen molar-refractivity contribution in [2.75, 3.05) is 252 Å². The van der Waals surface area contributed by atoms with Crippen LogP contribution in [0.2, 0.25) is 0 Å². The van der Waals surface area contributed by atoms with Crippen molar-refractivity contribution in [2.24, 2.45) is 132 Å². The van der Waals surface area contributed by atoms with Crippen molar-refractivity contribution in [3.8, 4) is 0 Å². The fourth-order valence-electron chi connectivity index (χ4n) is 17.0. The molecule has 0 aliphatic carbocycles. The zero-order valence-electron chi connectivity index (χ0n) is 90.0. The van der Waals surface area contributed by atoms with E-state index in [0.29, 0.717) is 182 Å². The van der Waals surface area contributed by atoms with Crippen LogP contribution in [0.1, 0.15) is 238 Å². The number of aromatic nitrogens is 3. The minimum Gasteiger partial charge on any atom is -0.448 e. The molecular formula is C94H187B2N38O15P. The van der Waals surface area contributed by atoms with Gasteiger partial charge in [-0.2, -0.15) is 15.0 Å². The minimum atomic E-state index is -3.68. The highest BCUT2D eigenvalue weighted by Gasteiger charge is 2.42. The van der Waals surface area contributed by atoms with E-state index in [1.807, 2.05) is 14.7 Å². The fraction of sp³-hybridized carbons (Fsp3) is 0.830. The zero-order valence-corrected chi connectivity index (χ0v) is 90.9. The van der Waals surface area contributed by atoms with Crippen molar-refractivity contribution in [2.45, 2.75) is 268 Å². The van der Waals surface area contributed by atoms with Crippen molar-refractivity contribution >= 4 is 119 Å². The Kier molecular flexibility index (Phi) is 70.4. The van der Waals surface area contributed by atoms with Gasteiger partial charge in [0.15, 0.2) is 47.7 Å². The number of unbranched alkanes of at least 4 members (excludes halogenated alkanes) is 26. The Morgan fingerprint density at radius 1 is 0.373 bits per heavy atom. The first-order valence-corrected chi connectivity index (χ1v) is 55.5. The van der Waals surface area contributed by atoms with E-state index in [1.165, 1.54) is 4.67 Å². The summed E-state index contributed by atoms with van der Waals surface area (Å²) in [6.07, 6.45) is 21.8. The van der Waals surface area contributed by atoms with Crippen LogP contribution in [0.5, 0.6) is 0 Å². The first kappa shape index (κ1) is 132. The van der Waals surface area contributed by atoms with E-state index in [9.17, 15) is 38.8 Å². The van der Waals surface area contributed by atoms with Crippen molar-refractivity contribution in [1.29, 1.82) is 0 Å². The summed E-state index contributed by atoms with van der Waals surface area (Å²) in [6.45, 7) is 7.32. The molecule has 4 unspecified atom stereocenters. The Balaban J connectivity index is 1.87. The summed E-state index contributed by atoms with van der Waals surface area (Å²) in [4.78, 5) is 137. The molecule has 3 saturated heterocycles. The van der Waals surface area contributed by atoms with E-state index in [2.05, 4.69) is 39.9 Å². The molecule has 3 aliphatic heterocycles. The van der Waals surface area contributed by atoms with Crippen LogP contribution in [0.3, 0.4) is 0 Å². The normalized spacial score (nSPS) is 15.8. The van der Waals surface area contributed by atoms with Crippen LogP contribution >= 0.6 is 7.67 Å². The molecule has 150 heavy (non-hydrogen) atoms. The maximum absolute atomic E-state index is 14.8. The number of ether oxygens (including phenoxy) is 6. The molecule has 4 heterocycles. The molecule has 34 N–H and O–H groups in total. The molecule has 3 aliphatic rings. The maximum atomic E-state index is 14.8. The Bertz CT molecular complexity index is 4060. The summed E-state index contributed by atoms with van der Waals surface area (Å²) in [6, 6.07) is -1.62. The van der Waals surface area contributed by atoms with Gasteiger partial charge in [0.2, 0.25) is 36.1 Å². The number of aliphatic imine (C=N–C) groups is 8. The number of amides is 5. The number of carbonyl (C=O) groups is 5. The number of morpholine rings is 2. The van der Waals surface area contributed by atoms with E-state index in [0.717, 1.165) is 148 Å². The Morgan fingerprint density at radius 2 is 0.667 bits per heavy atom. The second-order valence-electron chi connectivity index (χ2n) is 38.0. The standard InChI is InChI=1S/C94H187B2N38O15P/c1-124(2)150(142,134-69-74(72-135)148-77(96)71-134)147-73-75-68-133(70-76(95)149-75)79(137)39-21-4-3-20-38-78(136)125-56-58-126(59-57-125)88-121-89(127(60-64-143-91(138)129(48-30-12-5-22-40-113-80(97)98)49-31-13-6-23-41-114-81(99)100)61-65-144-92(139)130(50-32-14-7-24-42-115-82(101)102)51-33-15-8-25-43-116-83(103)104)123-90(122-88)128(63-67-146-94(141)132(55-37-19-29-47-120-87(111)112)54-36-18-11-28-46-119-86(109)110)62-66-145-93(140)131(52-34-16-9-26-44-117-84(105)106)53-35-17-10-27-45-118-85(107)108/h74-77,91,135,138H,3-73H2,1-2H3,(H4,97,98,113)(H4,99,100,114)(H4,101,102,115)(H4,103,104,116)(H4,105,106,117)(H4,107,108,118)(H4,109,110,119)(H4,111,112,120)/t74?,75?,76-,77-,91?,150?/m1/s1. The maximum Gasteiger partial charge on any atom is 0.409 e. The molecule has 0 spiro atoms. The molecule has 4 radical (unpaired) electrons. The van der Waals surface area contributed by atoms with E-state index in [-0.39, 0.29) is 208 Å². The predicted octanol–water partition coefficient (Wildman–Crippen LogP) is 0.260. The van der Waals surface area contributed by atoms with Crippen LogP contribution in [0, 0.1) is 0 Å². The third kappa shape index (κ3) is 61.7. The van der Waals surface area contributed by atoms with Gasteiger partial charge in [0.1, 0.15) is 35.5 Å². The molecule has 3 fully saturated rings. The molecule has 56 heteroatoms. The Morgan fingerprint density at radius 3 is 0.993 bits per heavy atom. The number of guanidine groups is 8. The highest BCUT2D eigenvalue weighted by Crippen LogP contribution is 2.54. The summed E-state index contributed by atoms with van der Waals surface area (Å²) in [5, 5.41) is 22.1. The van der Waals surface area contributed by atoms with Gasteiger partial charge in [-0.25, -0.2) is 23.7 Å². The second-order valence-corrected chi connectivity index (χ2v) is 40.6. The molecule has 0 bridgehead atoms. The number of anilines is 3. The average Bonchev–Trinajstić information content (AvgIpc) is 0.801. The van der Waals surface area contributed by atoms with E-state index in [1.54, 1.807) is 48.2 Å². The first-order valence-electron chi connectivity index (χ1n) is 54.0. The van der Waals surface area contributed by atoms with Crippen LogP contribution < -0.4 is 106 Å². The van der Waals surface area contributed by atoms with Gasteiger partial charge in [0.05, 0.1) is 51.7 Å². The Hall–Kier alpha value is -10.7. The predicted molar refractivity (Wildman–Crippen MR) is 593 cm³/mol. The van der Waals surface area contributed by atoms with Crippen molar-refractivity contribution in [3.05, 3.63) is 0 Å². The van der Waals surface area contributed by atoms with Gasteiger partial charge in [-0.15, -0.1) is 0 Å². The smallest absolute Gasteiger partial charge is 0.409 e. The van der Waals surface area contributed by atoms with E-state index in [4.69, 9.17) is 155 Å². The molecule has 0 aromatic carbocycles. The zero-order chi connectivity index (χ0) is 110. The number of carbonyl (C=O) groups excluding carboxylic acids is 5. The summed E-state index contributed by atoms with van der Waals surface area (Å²) in [5.41, 5.74) is 90.2. The highest BCUT2D eigenvalue weighted by molar-refractivity contribution is 7.53. The number of piperazine rings is 1. The number of hydrogen-bond donors (Lipinski definition) is 18. The van der Waals surface area contributed by atoms with Gasteiger partial charge < -0.3 is 174 Å². The van der Waals surface area contributed by atoms with Crippen LogP contribution in [-0.4, -0.2) is 425 Å². The van der Waals surface area contributed by atoms with Crippen molar-refractivity contribution in [3.63, 3.8) is 0 Å². The van der Waals surface area contributed by atoms with Gasteiger partial charge in [-0.05, 0) is 136 Å². The van der Waals surface area contributed by atoms with Gasteiger partial charge in [0, 0.05) is 188 Å². The van der Waals surface area contributed by atoms with Gasteiger partial charge in [0.25, 0.3) is 0 Å². The third-order valence-corrected chi connectivity index (χ3v) is 27.7. The molecule has 5 amide bonds.